The molecule has 0 bridgehead atoms. The van der Waals surface area contributed by atoms with Gasteiger partial charge in [0, 0.05) is 24.5 Å². The van der Waals surface area contributed by atoms with Crippen molar-refractivity contribution in [3.63, 3.8) is 0 Å². The molecule has 8 heteroatoms. The van der Waals surface area contributed by atoms with Crippen LogP contribution < -0.4 is 10.0 Å². The molecule has 0 saturated carbocycles. The van der Waals surface area contributed by atoms with Gasteiger partial charge in [0.25, 0.3) is 10.0 Å². The van der Waals surface area contributed by atoms with E-state index < -0.39 is 15.8 Å². The van der Waals surface area contributed by atoms with Gasteiger partial charge in [-0.1, -0.05) is 0 Å². The molecular weight excluding hydrogens is 369 g/mol. The summed E-state index contributed by atoms with van der Waals surface area (Å²) in [5.74, 6) is -0.435. The Bertz CT molecular complexity index is 893. The lowest BCUT2D eigenvalue weighted by Gasteiger charge is -2.22. The topological polar surface area (TPSA) is 78.5 Å². The van der Waals surface area contributed by atoms with Crippen molar-refractivity contribution < 1.29 is 17.6 Å². The van der Waals surface area contributed by atoms with Crippen LogP contribution in [0.25, 0.3) is 0 Å². The minimum Gasteiger partial charge on any atom is -0.374 e. The van der Waals surface area contributed by atoms with E-state index >= 15 is 0 Å². The molecular formula is C19H22FN3O3S. The van der Waals surface area contributed by atoms with Crippen molar-refractivity contribution in [3.05, 3.63) is 54.3 Å². The van der Waals surface area contributed by atoms with Crippen molar-refractivity contribution in [1.29, 1.82) is 0 Å². The summed E-state index contributed by atoms with van der Waals surface area (Å²) in [7, 11) is -3.79. The number of amides is 1. The van der Waals surface area contributed by atoms with E-state index in [-0.39, 0.29) is 16.8 Å². The molecule has 1 fully saturated rings. The average molecular weight is 391 g/mol. The molecule has 1 amide bonds. The van der Waals surface area contributed by atoms with Gasteiger partial charge in [-0.05, 0) is 68.3 Å². The van der Waals surface area contributed by atoms with E-state index in [0.29, 0.717) is 5.69 Å². The lowest BCUT2D eigenvalue weighted by atomic mass is 10.2. The summed E-state index contributed by atoms with van der Waals surface area (Å²) in [6.07, 6.45) is 2.09. The number of nitrogens with zero attached hydrogens (tertiary/aromatic N) is 1. The van der Waals surface area contributed by atoms with Gasteiger partial charge in [-0.3, -0.25) is 9.52 Å². The fourth-order valence-electron chi connectivity index (χ4n) is 2.99. The second-order valence-corrected chi connectivity index (χ2v) is 8.22. The molecule has 144 valence electrons. The van der Waals surface area contributed by atoms with Crippen LogP contribution in [0.2, 0.25) is 0 Å². The van der Waals surface area contributed by atoms with Crippen LogP contribution in [0.4, 0.5) is 15.8 Å². The third-order valence-electron chi connectivity index (χ3n) is 4.43. The summed E-state index contributed by atoms with van der Waals surface area (Å²) < 4.78 is 40.0. The summed E-state index contributed by atoms with van der Waals surface area (Å²) in [6, 6.07) is 10.9. The molecule has 2 N–H and O–H groups in total. The lowest BCUT2D eigenvalue weighted by molar-refractivity contribution is -0.130. The lowest BCUT2D eigenvalue weighted by Crippen LogP contribution is -2.39. The monoisotopic (exact) mass is 391 g/mol. The van der Waals surface area contributed by atoms with Crippen molar-refractivity contribution in [3.8, 4) is 0 Å². The highest BCUT2D eigenvalue weighted by molar-refractivity contribution is 7.92. The van der Waals surface area contributed by atoms with Crippen molar-refractivity contribution in [2.24, 2.45) is 0 Å². The average Bonchev–Trinajstić information content (AvgIpc) is 3.17. The van der Waals surface area contributed by atoms with Gasteiger partial charge < -0.3 is 10.2 Å². The van der Waals surface area contributed by atoms with Crippen LogP contribution in [-0.4, -0.2) is 38.4 Å². The van der Waals surface area contributed by atoms with E-state index in [2.05, 4.69) is 10.0 Å². The zero-order chi connectivity index (χ0) is 19.4. The Labute approximate surface area is 158 Å². The fraction of sp³-hybridized carbons (Fsp3) is 0.316. The molecule has 0 aromatic heterocycles. The molecule has 27 heavy (non-hydrogen) atoms. The van der Waals surface area contributed by atoms with E-state index in [1.165, 1.54) is 12.1 Å². The summed E-state index contributed by atoms with van der Waals surface area (Å²) in [6.45, 7) is 3.41. The maximum atomic E-state index is 13.0. The normalized spacial score (nSPS) is 15.4. The Morgan fingerprint density at radius 2 is 1.56 bits per heavy atom. The van der Waals surface area contributed by atoms with Crippen LogP contribution >= 0.6 is 0 Å². The molecule has 1 unspecified atom stereocenters. The van der Waals surface area contributed by atoms with Crippen LogP contribution in [-0.2, 0) is 14.8 Å². The third-order valence-corrected chi connectivity index (χ3v) is 5.83. The minimum atomic E-state index is -3.79. The van der Waals surface area contributed by atoms with Crippen molar-refractivity contribution in [2.45, 2.75) is 30.7 Å². The molecule has 0 spiro atoms. The number of halogens is 1. The summed E-state index contributed by atoms with van der Waals surface area (Å²) in [5.41, 5.74) is 1.10. The van der Waals surface area contributed by atoms with Crippen LogP contribution in [0.15, 0.2) is 53.4 Å². The molecule has 1 heterocycles. The second-order valence-electron chi connectivity index (χ2n) is 6.54. The van der Waals surface area contributed by atoms with Crippen molar-refractivity contribution in [2.75, 3.05) is 23.1 Å². The number of likely N-dealkylation sites (tertiary alicyclic amines) is 1. The molecule has 2 aromatic rings. The molecule has 1 saturated heterocycles. The Morgan fingerprint density at radius 3 is 2.15 bits per heavy atom. The van der Waals surface area contributed by atoms with Gasteiger partial charge in [0.1, 0.15) is 11.9 Å². The number of rotatable bonds is 6. The number of sulfonamides is 1. The highest BCUT2D eigenvalue weighted by atomic mass is 32.2. The van der Waals surface area contributed by atoms with Gasteiger partial charge in [0.05, 0.1) is 4.90 Å². The minimum absolute atomic E-state index is 0.0177. The zero-order valence-corrected chi connectivity index (χ0v) is 15.8. The predicted octanol–water partition coefficient (Wildman–Crippen LogP) is 3.05. The highest BCUT2D eigenvalue weighted by Gasteiger charge is 2.23. The number of hydrogen-bond donors (Lipinski definition) is 2. The number of carbonyl (C=O) groups is 1. The van der Waals surface area contributed by atoms with E-state index in [9.17, 15) is 17.6 Å². The molecule has 2 aromatic carbocycles. The third kappa shape index (κ3) is 4.77. The van der Waals surface area contributed by atoms with E-state index in [0.717, 1.165) is 43.8 Å². The Hall–Kier alpha value is -2.61. The number of nitrogens with one attached hydrogen (secondary N) is 2. The second kappa shape index (κ2) is 7.96. The van der Waals surface area contributed by atoms with Crippen LogP contribution in [0.5, 0.6) is 0 Å². The van der Waals surface area contributed by atoms with Gasteiger partial charge in [-0.25, -0.2) is 12.8 Å². The van der Waals surface area contributed by atoms with E-state index in [1.807, 2.05) is 11.8 Å². The molecule has 1 atom stereocenters. The first-order valence-electron chi connectivity index (χ1n) is 8.79. The fourth-order valence-corrected chi connectivity index (χ4v) is 4.04. The largest absolute Gasteiger partial charge is 0.374 e. The summed E-state index contributed by atoms with van der Waals surface area (Å²) in [5, 5.41) is 3.14. The maximum Gasteiger partial charge on any atom is 0.261 e. The Kier molecular flexibility index (Phi) is 5.65. The summed E-state index contributed by atoms with van der Waals surface area (Å²) >= 11 is 0. The number of anilines is 2. The Morgan fingerprint density at radius 1 is 1.00 bits per heavy atom. The standard InChI is InChI=1S/C19H22FN3O3S/c1-14(19(24)23-12-2-3-13-23)21-16-6-8-17(9-7-16)22-27(25,26)18-10-4-15(20)5-11-18/h4-11,14,21-22H,2-3,12-13H2,1H3. The van der Waals surface area contributed by atoms with Crippen LogP contribution in [0.3, 0.4) is 0 Å². The first-order chi connectivity index (χ1) is 12.8. The molecule has 0 aliphatic carbocycles. The number of carbonyl (C=O) groups excluding carboxylic acids is 1. The van der Waals surface area contributed by atoms with Gasteiger partial charge in [-0.15, -0.1) is 0 Å². The molecule has 0 radical (unpaired) electrons. The highest BCUT2D eigenvalue weighted by Crippen LogP contribution is 2.20. The van der Waals surface area contributed by atoms with Crippen molar-refractivity contribution in [1.82, 2.24) is 4.90 Å². The number of benzene rings is 2. The molecule has 3 rings (SSSR count). The van der Waals surface area contributed by atoms with Crippen molar-refractivity contribution >= 4 is 27.3 Å². The first-order valence-corrected chi connectivity index (χ1v) is 10.3. The van der Waals surface area contributed by atoms with E-state index in [1.54, 1.807) is 24.3 Å². The molecule has 1 aliphatic rings. The van der Waals surface area contributed by atoms with Gasteiger partial charge >= 0.3 is 0 Å². The predicted molar refractivity (Wildman–Crippen MR) is 103 cm³/mol. The van der Waals surface area contributed by atoms with Gasteiger partial charge in [0.15, 0.2) is 0 Å². The molecule has 6 nitrogen and oxygen atoms in total. The van der Waals surface area contributed by atoms with Gasteiger partial charge in [0.2, 0.25) is 5.91 Å². The quantitative estimate of drug-likeness (QED) is 0.793. The Balaban J connectivity index is 1.63. The SMILES string of the molecule is CC(Nc1ccc(NS(=O)(=O)c2ccc(F)cc2)cc1)C(=O)N1CCCC1. The van der Waals surface area contributed by atoms with Gasteiger partial charge in [-0.2, -0.15) is 0 Å². The van der Waals surface area contributed by atoms with Crippen LogP contribution in [0, 0.1) is 5.82 Å². The number of hydrogen-bond acceptors (Lipinski definition) is 4. The maximum absolute atomic E-state index is 13.0. The van der Waals surface area contributed by atoms with E-state index in [4.69, 9.17) is 0 Å². The smallest absolute Gasteiger partial charge is 0.261 e. The zero-order valence-electron chi connectivity index (χ0n) is 15.0. The summed E-state index contributed by atoms with van der Waals surface area (Å²) in [4.78, 5) is 14.2. The first kappa shape index (κ1) is 19.2. The van der Waals surface area contributed by atoms with Crippen LogP contribution in [0.1, 0.15) is 19.8 Å². The molecule has 1 aliphatic heterocycles.